The molecule has 0 spiro atoms. The van der Waals surface area contributed by atoms with E-state index in [0.717, 1.165) is 42.4 Å². The van der Waals surface area contributed by atoms with Gasteiger partial charge >= 0.3 is 0 Å². The number of ether oxygens (including phenoxy) is 1. The molecule has 0 saturated heterocycles. The Balaban J connectivity index is 0.00000484. The maximum absolute atomic E-state index is 5.42. The summed E-state index contributed by atoms with van der Waals surface area (Å²) in [7, 11) is 1.71. The molecule has 134 valence electrons. The maximum Gasteiger partial charge on any atom is 0.191 e. The minimum atomic E-state index is -0.240. The topological polar surface area (TPSA) is 71.7 Å². The largest absolute Gasteiger partial charge is 0.377 e. The van der Waals surface area contributed by atoms with Gasteiger partial charge in [-0.25, -0.2) is 4.99 Å². The standard InChI is InChI=1S/C16H30N4O2.HI/c1-7-13-12(14(8-2)22-20-13)10-18-15(17-9-3)19-11-16(4,5)21-6;/h7-11H2,1-6H3,(H2,17,18,19);1H. The van der Waals surface area contributed by atoms with Crippen LogP contribution in [0.3, 0.4) is 0 Å². The molecule has 0 radical (unpaired) electrons. The molecule has 0 aromatic carbocycles. The molecule has 0 amide bonds. The number of aryl methyl sites for hydroxylation is 2. The van der Waals surface area contributed by atoms with Gasteiger partial charge in [0.2, 0.25) is 0 Å². The fourth-order valence-corrected chi connectivity index (χ4v) is 1.99. The highest BCUT2D eigenvalue weighted by atomic mass is 127. The van der Waals surface area contributed by atoms with Crippen LogP contribution in [0.4, 0.5) is 0 Å². The lowest BCUT2D eigenvalue weighted by molar-refractivity contribution is 0.0268. The Morgan fingerprint density at radius 3 is 2.43 bits per heavy atom. The highest BCUT2D eigenvalue weighted by Crippen LogP contribution is 2.16. The molecule has 0 bridgehead atoms. The summed E-state index contributed by atoms with van der Waals surface area (Å²) in [5.41, 5.74) is 1.86. The van der Waals surface area contributed by atoms with Crippen LogP contribution >= 0.6 is 24.0 Å². The van der Waals surface area contributed by atoms with Gasteiger partial charge in [0.25, 0.3) is 0 Å². The Labute approximate surface area is 156 Å². The molecule has 1 aromatic heterocycles. The smallest absolute Gasteiger partial charge is 0.191 e. The average Bonchev–Trinajstić information content (AvgIpc) is 2.92. The number of halogens is 1. The van der Waals surface area contributed by atoms with E-state index in [0.29, 0.717) is 13.1 Å². The minimum absolute atomic E-state index is 0. The Morgan fingerprint density at radius 2 is 1.91 bits per heavy atom. The van der Waals surface area contributed by atoms with E-state index in [4.69, 9.17) is 9.26 Å². The second-order valence-corrected chi connectivity index (χ2v) is 5.75. The first-order chi connectivity index (χ1) is 10.5. The van der Waals surface area contributed by atoms with Gasteiger partial charge in [-0.1, -0.05) is 19.0 Å². The zero-order chi connectivity index (χ0) is 16.6. The predicted molar refractivity (Wildman–Crippen MR) is 105 cm³/mol. The van der Waals surface area contributed by atoms with Crippen LogP contribution in [0.5, 0.6) is 0 Å². The van der Waals surface area contributed by atoms with E-state index in [2.05, 4.69) is 34.6 Å². The van der Waals surface area contributed by atoms with E-state index in [1.165, 1.54) is 0 Å². The van der Waals surface area contributed by atoms with Crippen LogP contribution in [0, 0.1) is 0 Å². The number of methoxy groups -OCH3 is 1. The lowest BCUT2D eigenvalue weighted by Crippen LogP contribution is -2.45. The second kappa shape index (κ2) is 10.9. The molecule has 0 fully saturated rings. The van der Waals surface area contributed by atoms with Crippen LogP contribution in [-0.2, 0) is 24.1 Å². The minimum Gasteiger partial charge on any atom is -0.377 e. The van der Waals surface area contributed by atoms with Crippen molar-refractivity contribution in [2.45, 2.75) is 59.6 Å². The van der Waals surface area contributed by atoms with Crippen LogP contribution in [0.1, 0.15) is 51.6 Å². The van der Waals surface area contributed by atoms with Crippen LogP contribution in [-0.4, -0.2) is 36.9 Å². The van der Waals surface area contributed by atoms with Crippen LogP contribution < -0.4 is 10.6 Å². The van der Waals surface area contributed by atoms with Gasteiger partial charge in [-0.15, -0.1) is 24.0 Å². The van der Waals surface area contributed by atoms with Crippen molar-refractivity contribution in [2.24, 2.45) is 4.99 Å². The Hall–Kier alpha value is -0.830. The highest BCUT2D eigenvalue weighted by Gasteiger charge is 2.17. The molecular weight excluding hydrogens is 407 g/mol. The van der Waals surface area contributed by atoms with Gasteiger partial charge in [-0.3, -0.25) is 0 Å². The van der Waals surface area contributed by atoms with Gasteiger partial charge in [0.15, 0.2) is 5.96 Å². The maximum atomic E-state index is 5.42. The van der Waals surface area contributed by atoms with Gasteiger partial charge < -0.3 is 19.9 Å². The first-order valence-electron chi connectivity index (χ1n) is 8.01. The molecule has 0 aliphatic rings. The fourth-order valence-electron chi connectivity index (χ4n) is 1.99. The summed E-state index contributed by atoms with van der Waals surface area (Å²) in [6.45, 7) is 12.3. The quantitative estimate of drug-likeness (QED) is 0.371. The Bertz CT molecular complexity index is 465. The van der Waals surface area contributed by atoms with Gasteiger partial charge in [-0.05, 0) is 27.2 Å². The van der Waals surface area contributed by atoms with Crippen LogP contribution in [0.2, 0.25) is 0 Å². The van der Waals surface area contributed by atoms with Gasteiger partial charge in [0, 0.05) is 32.2 Å². The third-order valence-electron chi connectivity index (χ3n) is 3.58. The van der Waals surface area contributed by atoms with Crippen molar-refractivity contribution in [2.75, 3.05) is 20.2 Å². The summed E-state index contributed by atoms with van der Waals surface area (Å²) in [5, 5.41) is 10.7. The van der Waals surface area contributed by atoms with Crippen LogP contribution in [0.15, 0.2) is 9.52 Å². The SMILES string of the molecule is CCNC(=NCc1c(CC)noc1CC)NCC(C)(C)OC.I. The number of guanidine groups is 1. The monoisotopic (exact) mass is 438 g/mol. The summed E-state index contributed by atoms with van der Waals surface area (Å²) < 4.78 is 10.8. The number of aromatic nitrogens is 1. The molecule has 1 rings (SSSR count). The van der Waals surface area contributed by atoms with Crippen molar-refractivity contribution in [3.8, 4) is 0 Å². The molecule has 0 aliphatic carbocycles. The van der Waals surface area contributed by atoms with Crippen molar-refractivity contribution < 1.29 is 9.26 Å². The molecule has 6 nitrogen and oxygen atoms in total. The van der Waals surface area contributed by atoms with E-state index in [9.17, 15) is 0 Å². The third-order valence-corrected chi connectivity index (χ3v) is 3.58. The number of hydrogen-bond acceptors (Lipinski definition) is 4. The molecule has 23 heavy (non-hydrogen) atoms. The van der Waals surface area contributed by atoms with Crippen molar-refractivity contribution in [1.29, 1.82) is 0 Å². The molecule has 2 N–H and O–H groups in total. The first-order valence-corrected chi connectivity index (χ1v) is 8.01. The zero-order valence-electron chi connectivity index (χ0n) is 15.2. The van der Waals surface area contributed by atoms with E-state index >= 15 is 0 Å². The number of nitrogens with zero attached hydrogens (tertiary/aromatic N) is 2. The van der Waals surface area contributed by atoms with Crippen molar-refractivity contribution in [3.05, 3.63) is 17.0 Å². The van der Waals surface area contributed by atoms with Gasteiger partial charge in [0.05, 0.1) is 17.8 Å². The Morgan fingerprint density at radius 1 is 1.22 bits per heavy atom. The van der Waals surface area contributed by atoms with E-state index in [-0.39, 0.29) is 29.6 Å². The van der Waals surface area contributed by atoms with E-state index in [1.807, 2.05) is 20.8 Å². The molecule has 0 unspecified atom stereocenters. The molecule has 1 aromatic rings. The summed E-state index contributed by atoms with van der Waals surface area (Å²) >= 11 is 0. The second-order valence-electron chi connectivity index (χ2n) is 5.75. The number of hydrogen-bond donors (Lipinski definition) is 2. The molecular formula is C16H31IN4O2. The first kappa shape index (κ1) is 22.2. The normalized spacial score (nSPS) is 12.0. The van der Waals surface area contributed by atoms with Crippen molar-refractivity contribution in [3.63, 3.8) is 0 Å². The molecule has 0 atom stereocenters. The number of nitrogens with one attached hydrogen (secondary N) is 2. The Kier molecular flexibility index (Phi) is 10.5. The van der Waals surface area contributed by atoms with Crippen molar-refractivity contribution >= 4 is 29.9 Å². The summed E-state index contributed by atoms with van der Waals surface area (Å²) in [6, 6.07) is 0. The molecule has 7 heteroatoms. The molecule has 0 saturated carbocycles. The number of rotatable bonds is 8. The van der Waals surface area contributed by atoms with Crippen LogP contribution in [0.25, 0.3) is 0 Å². The molecule has 0 aliphatic heterocycles. The zero-order valence-corrected chi connectivity index (χ0v) is 17.5. The lowest BCUT2D eigenvalue weighted by Gasteiger charge is -2.24. The highest BCUT2D eigenvalue weighted by molar-refractivity contribution is 14.0. The summed E-state index contributed by atoms with van der Waals surface area (Å²) in [6.07, 6.45) is 1.69. The van der Waals surface area contributed by atoms with E-state index in [1.54, 1.807) is 7.11 Å². The van der Waals surface area contributed by atoms with Gasteiger partial charge in [-0.2, -0.15) is 0 Å². The summed E-state index contributed by atoms with van der Waals surface area (Å²) in [4.78, 5) is 4.65. The average molecular weight is 438 g/mol. The summed E-state index contributed by atoms with van der Waals surface area (Å²) in [5.74, 6) is 1.70. The lowest BCUT2D eigenvalue weighted by atomic mass is 10.1. The third kappa shape index (κ3) is 7.07. The van der Waals surface area contributed by atoms with Gasteiger partial charge in [0.1, 0.15) is 5.76 Å². The van der Waals surface area contributed by atoms with Crippen molar-refractivity contribution in [1.82, 2.24) is 15.8 Å². The number of aliphatic imine (C=N–C) groups is 1. The fraction of sp³-hybridized carbons (Fsp3) is 0.750. The van der Waals surface area contributed by atoms with E-state index < -0.39 is 0 Å². The predicted octanol–water partition coefficient (Wildman–Crippen LogP) is 2.90. The molecule has 1 heterocycles.